The fourth-order valence-corrected chi connectivity index (χ4v) is 2.05. The molecule has 0 aromatic heterocycles. The zero-order chi connectivity index (χ0) is 12.5. The van der Waals surface area contributed by atoms with Gasteiger partial charge < -0.3 is 10.4 Å². The SMILES string of the molecule is OCC1(Nc2ccccc2C(F)(F)F)CCC1. The summed E-state index contributed by atoms with van der Waals surface area (Å²) in [5.41, 5.74) is -1.20. The predicted molar refractivity (Wildman–Crippen MR) is 58.7 cm³/mol. The monoisotopic (exact) mass is 245 g/mol. The molecule has 5 heteroatoms. The molecule has 1 aliphatic rings. The summed E-state index contributed by atoms with van der Waals surface area (Å²) in [6.45, 7) is -0.140. The van der Waals surface area contributed by atoms with Crippen molar-refractivity contribution in [3.8, 4) is 0 Å². The number of nitrogens with one attached hydrogen (secondary N) is 1. The van der Waals surface area contributed by atoms with Crippen molar-refractivity contribution in [1.29, 1.82) is 0 Å². The molecule has 0 radical (unpaired) electrons. The number of halogens is 3. The van der Waals surface area contributed by atoms with Crippen LogP contribution in [0.25, 0.3) is 0 Å². The summed E-state index contributed by atoms with van der Waals surface area (Å²) in [7, 11) is 0. The second kappa shape index (κ2) is 4.22. The van der Waals surface area contributed by atoms with Crippen molar-refractivity contribution in [1.82, 2.24) is 0 Å². The molecule has 2 N–H and O–H groups in total. The van der Waals surface area contributed by atoms with Crippen LogP contribution in [0.4, 0.5) is 18.9 Å². The molecule has 1 fully saturated rings. The molecule has 0 spiro atoms. The largest absolute Gasteiger partial charge is 0.418 e. The van der Waals surface area contributed by atoms with E-state index in [-0.39, 0.29) is 12.3 Å². The number of alkyl halides is 3. The molecule has 0 atom stereocenters. The van der Waals surface area contributed by atoms with Crippen molar-refractivity contribution < 1.29 is 18.3 Å². The van der Waals surface area contributed by atoms with Crippen molar-refractivity contribution in [3.63, 3.8) is 0 Å². The number of hydrogen-bond acceptors (Lipinski definition) is 2. The standard InChI is InChI=1S/C12H14F3NO/c13-12(14,15)9-4-1-2-5-10(9)16-11(8-17)6-3-7-11/h1-2,4-5,16-17H,3,6-8H2. The minimum Gasteiger partial charge on any atom is -0.394 e. The highest BCUT2D eigenvalue weighted by atomic mass is 19.4. The number of benzene rings is 1. The van der Waals surface area contributed by atoms with Crippen LogP contribution < -0.4 is 5.32 Å². The average molecular weight is 245 g/mol. The van der Waals surface area contributed by atoms with Crippen LogP contribution in [0.15, 0.2) is 24.3 Å². The van der Waals surface area contributed by atoms with Crippen LogP contribution in [0.5, 0.6) is 0 Å². The zero-order valence-corrected chi connectivity index (χ0v) is 9.22. The van der Waals surface area contributed by atoms with Gasteiger partial charge in [-0.1, -0.05) is 12.1 Å². The first-order valence-corrected chi connectivity index (χ1v) is 5.52. The van der Waals surface area contributed by atoms with Gasteiger partial charge in [-0.15, -0.1) is 0 Å². The van der Waals surface area contributed by atoms with Gasteiger partial charge in [0.05, 0.1) is 17.7 Å². The van der Waals surface area contributed by atoms with E-state index >= 15 is 0 Å². The summed E-state index contributed by atoms with van der Waals surface area (Å²) >= 11 is 0. The Morgan fingerprint density at radius 2 is 1.88 bits per heavy atom. The molecule has 1 saturated carbocycles. The maximum atomic E-state index is 12.7. The Bertz CT molecular complexity index is 393. The van der Waals surface area contributed by atoms with Gasteiger partial charge in [-0.2, -0.15) is 13.2 Å². The molecule has 0 heterocycles. The first kappa shape index (κ1) is 12.2. The first-order valence-electron chi connectivity index (χ1n) is 5.52. The molecule has 17 heavy (non-hydrogen) atoms. The van der Waals surface area contributed by atoms with Crippen molar-refractivity contribution in [3.05, 3.63) is 29.8 Å². The van der Waals surface area contributed by atoms with Gasteiger partial charge >= 0.3 is 6.18 Å². The minimum absolute atomic E-state index is 0.0498. The smallest absolute Gasteiger partial charge is 0.394 e. The number of aliphatic hydroxyl groups excluding tert-OH is 1. The third kappa shape index (κ3) is 2.39. The van der Waals surface area contributed by atoms with E-state index in [4.69, 9.17) is 0 Å². The van der Waals surface area contributed by atoms with Gasteiger partial charge in [0.15, 0.2) is 0 Å². The van der Waals surface area contributed by atoms with Gasteiger partial charge in [0.25, 0.3) is 0 Å². The van der Waals surface area contributed by atoms with Crippen molar-refractivity contribution in [2.75, 3.05) is 11.9 Å². The maximum Gasteiger partial charge on any atom is 0.418 e. The van der Waals surface area contributed by atoms with Gasteiger partial charge in [0.1, 0.15) is 0 Å². The van der Waals surface area contributed by atoms with Crippen LogP contribution in [-0.4, -0.2) is 17.3 Å². The number of rotatable bonds is 3. The van der Waals surface area contributed by atoms with Gasteiger partial charge in [-0.25, -0.2) is 0 Å². The first-order chi connectivity index (χ1) is 7.97. The van der Waals surface area contributed by atoms with Gasteiger partial charge in [-0.05, 0) is 31.4 Å². The van der Waals surface area contributed by atoms with Crippen LogP contribution in [0.1, 0.15) is 24.8 Å². The molecule has 0 saturated heterocycles. The van der Waals surface area contributed by atoms with Crippen molar-refractivity contribution in [2.24, 2.45) is 0 Å². The molecule has 2 nitrogen and oxygen atoms in total. The number of hydrogen-bond donors (Lipinski definition) is 2. The molecule has 1 aromatic rings. The van der Waals surface area contributed by atoms with Crippen LogP contribution in [0, 0.1) is 0 Å². The Morgan fingerprint density at radius 3 is 2.35 bits per heavy atom. The van der Waals surface area contributed by atoms with Crippen LogP contribution >= 0.6 is 0 Å². The van der Waals surface area contributed by atoms with Crippen LogP contribution in [0.3, 0.4) is 0 Å². The zero-order valence-electron chi connectivity index (χ0n) is 9.22. The molecule has 0 unspecified atom stereocenters. The summed E-state index contributed by atoms with van der Waals surface area (Å²) in [6, 6.07) is 5.37. The van der Waals surface area contributed by atoms with E-state index in [1.54, 1.807) is 6.07 Å². The van der Waals surface area contributed by atoms with Gasteiger partial charge in [-0.3, -0.25) is 0 Å². The summed E-state index contributed by atoms with van der Waals surface area (Å²) in [4.78, 5) is 0. The molecule has 0 bridgehead atoms. The average Bonchev–Trinajstić information content (AvgIpc) is 2.23. The lowest BCUT2D eigenvalue weighted by atomic mass is 9.77. The molecule has 94 valence electrons. The second-order valence-electron chi connectivity index (χ2n) is 4.46. The molecule has 2 rings (SSSR count). The molecule has 0 amide bonds. The van der Waals surface area contributed by atoms with E-state index < -0.39 is 17.3 Å². The molecule has 0 aliphatic heterocycles. The molecular weight excluding hydrogens is 231 g/mol. The number of anilines is 1. The summed E-state index contributed by atoms with van der Waals surface area (Å²) in [6.07, 6.45) is -2.03. The fourth-order valence-electron chi connectivity index (χ4n) is 2.05. The van der Waals surface area contributed by atoms with Crippen LogP contribution in [-0.2, 0) is 6.18 Å². The van der Waals surface area contributed by atoms with E-state index in [0.29, 0.717) is 12.8 Å². The van der Waals surface area contributed by atoms with Crippen molar-refractivity contribution in [2.45, 2.75) is 31.0 Å². The Balaban J connectivity index is 2.27. The Hall–Kier alpha value is -1.23. The molecule has 1 aromatic carbocycles. The topological polar surface area (TPSA) is 32.3 Å². The highest BCUT2D eigenvalue weighted by Gasteiger charge is 2.39. The highest BCUT2D eigenvalue weighted by molar-refractivity contribution is 5.54. The van der Waals surface area contributed by atoms with E-state index in [9.17, 15) is 18.3 Å². The van der Waals surface area contributed by atoms with E-state index in [2.05, 4.69) is 5.32 Å². The Labute approximate surface area is 97.5 Å². The highest BCUT2D eigenvalue weighted by Crippen LogP contribution is 2.40. The lowest BCUT2D eigenvalue weighted by Gasteiger charge is -2.42. The summed E-state index contributed by atoms with van der Waals surface area (Å²) in [5, 5.41) is 12.1. The minimum atomic E-state index is -4.37. The predicted octanol–water partition coefficient (Wildman–Crippen LogP) is 3.03. The van der Waals surface area contributed by atoms with E-state index in [1.165, 1.54) is 12.1 Å². The van der Waals surface area contributed by atoms with Gasteiger partial charge in [0.2, 0.25) is 0 Å². The maximum absolute atomic E-state index is 12.7. The Kier molecular flexibility index (Phi) is 3.03. The summed E-state index contributed by atoms with van der Waals surface area (Å²) < 4.78 is 38.2. The molecular formula is C12H14F3NO. The third-order valence-electron chi connectivity index (χ3n) is 3.25. The quantitative estimate of drug-likeness (QED) is 0.857. The Morgan fingerprint density at radius 1 is 1.24 bits per heavy atom. The lowest BCUT2D eigenvalue weighted by molar-refractivity contribution is -0.137. The van der Waals surface area contributed by atoms with E-state index in [1.807, 2.05) is 0 Å². The second-order valence-corrected chi connectivity index (χ2v) is 4.46. The van der Waals surface area contributed by atoms with Gasteiger partial charge in [0, 0.05) is 5.69 Å². The number of para-hydroxylation sites is 1. The van der Waals surface area contributed by atoms with E-state index in [0.717, 1.165) is 12.5 Å². The lowest BCUT2D eigenvalue weighted by Crippen LogP contribution is -2.48. The number of aliphatic hydroxyl groups is 1. The normalized spacial score (nSPS) is 18.6. The summed E-state index contributed by atoms with van der Waals surface area (Å²) in [5.74, 6) is 0. The molecule has 1 aliphatic carbocycles. The van der Waals surface area contributed by atoms with Crippen LogP contribution in [0.2, 0.25) is 0 Å². The third-order valence-corrected chi connectivity index (χ3v) is 3.25. The fraction of sp³-hybridized carbons (Fsp3) is 0.500. The van der Waals surface area contributed by atoms with Crippen molar-refractivity contribution >= 4 is 5.69 Å².